The summed E-state index contributed by atoms with van der Waals surface area (Å²) in [5.41, 5.74) is -0.235. The molecule has 0 aliphatic rings. The van der Waals surface area contributed by atoms with Crippen molar-refractivity contribution in [3.63, 3.8) is 0 Å². The summed E-state index contributed by atoms with van der Waals surface area (Å²) < 4.78 is 4.84. The van der Waals surface area contributed by atoms with Gasteiger partial charge in [-0.3, -0.25) is 4.79 Å². The monoisotopic (exact) mass is 225 g/mol. The van der Waals surface area contributed by atoms with Crippen molar-refractivity contribution in [2.45, 2.75) is 52.0 Å². The van der Waals surface area contributed by atoms with Crippen LogP contribution in [0.15, 0.2) is 0 Å². The van der Waals surface area contributed by atoms with E-state index in [0.29, 0.717) is 13.0 Å². The molecule has 0 amide bonds. The first-order valence-corrected chi connectivity index (χ1v) is 5.90. The van der Waals surface area contributed by atoms with Crippen molar-refractivity contribution in [3.05, 3.63) is 0 Å². The molecular formula is C13H23NO2. The molecule has 0 spiro atoms. The molecule has 0 bridgehead atoms. The van der Waals surface area contributed by atoms with Gasteiger partial charge in [-0.1, -0.05) is 12.3 Å². The topological polar surface area (TPSA) is 38.3 Å². The van der Waals surface area contributed by atoms with Gasteiger partial charge in [0.2, 0.25) is 0 Å². The third-order valence-electron chi connectivity index (χ3n) is 2.29. The van der Waals surface area contributed by atoms with Crippen LogP contribution >= 0.6 is 0 Å². The Kier molecular flexibility index (Phi) is 7.66. The molecular weight excluding hydrogens is 202 g/mol. The van der Waals surface area contributed by atoms with Crippen molar-refractivity contribution in [1.29, 1.82) is 0 Å². The summed E-state index contributed by atoms with van der Waals surface area (Å²) in [6.45, 7) is 7.14. The van der Waals surface area contributed by atoms with Crippen molar-refractivity contribution in [2.75, 3.05) is 13.2 Å². The Bertz CT molecular complexity index is 241. The first-order valence-electron chi connectivity index (χ1n) is 5.90. The van der Waals surface area contributed by atoms with Crippen molar-refractivity contribution in [2.24, 2.45) is 0 Å². The maximum absolute atomic E-state index is 11.0. The molecule has 0 fully saturated rings. The molecule has 0 unspecified atom stereocenters. The van der Waals surface area contributed by atoms with E-state index in [2.05, 4.69) is 11.2 Å². The first-order chi connectivity index (χ1) is 7.52. The number of nitrogens with one attached hydrogen (secondary N) is 1. The molecule has 0 saturated heterocycles. The number of carbonyl (C=O) groups is 1. The van der Waals surface area contributed by atoms with Crippen LogP contribution in [0, 0.1) is 12.3 Å². The summed E-state index contributed by atoms with van der Waals surface area (Å²) in [6, 6.07) is 0. The number of rotatable bonds is 8. The van der Waals surface area contributed by atoms with Gasteiger partial charge in [0.05, 0.1) is 12.1 Å². The zero-order valence-electron chi connectivity index (χ0n) is 10.6. The molecule has 3 heteroatoms. The fourth-order valence-electron chi connectivity index (χ4n) is 1.26. The van der Waals surface area contributed by atoms with E-state index >= 15 is 0 Å². The first kappa shape index (κ1) is 15.0. The van der Waals surface area contributed by atoms with E-state index in [1.807, 2.05) is 20.8 Å². The molecule has 0 aromatic heterocycles. The maximum Gasteiger partial charge on any atom is 0.305 e. The van der Waals surface area contributed by atoms with Crippen LogP contribution < -0.4 is 5.32 Å². The van der Waals surface area contributed by atoms with E-state index in [1.54, 1.807) is 0 Å². The highest BCUT2D eigenvalue weighted by Crippen LogP contribution is 2.03. The highest BCUT2D eigenvalue weighted by molar-refractivity contribution is 5.69. The Morgan fingerprint density at radius 2 is 2.06 bits per heavy atom. The van der Waals surface area contributed by atoms with Crippen molar-refractivity contribution >= 4 is 5.97 Å². The summed E-state index contributed by atoms with van der Waals surface area (Å²) in [5.74, 6) is 2.58. The van der Waals surface area contributed by atoms with Gasteiger partial charge in [0.1, 0.15) is 0 Å². The van der Waals surface area contributed by atoms with Gasteiger partial charge in [-0.25, -0.2) is 0 Å². The van der Waals surface area contributed by atoms with E-state index in [4.69, 9.17) is 11.2 Å². The zero-order chi connectivity index (χ0) is 12.4. The molecule has 0 aromatic rings. The molecule has 3 nitrogen and oxygen atoms in total. The number of terminal acetylenes is 1. The normalized spacial score (nSPS) is 10.9. The Morgan fingerprint density at radius 1 is 1.38 bits per heavy atom. The number of ether oxygens (including phenoxy) is 1. The van der Waals surface area contributed by atoms with Gasteiger partial charge in [-0.05, 0) is 40.2 Å². The predicted molar refractivity (Wildman–Crippen MR) is 66.0 cm³/mol. The molecule has 0 heterocycles. The van der Waals surface area contributed by atoms with Crippen molar-refractivity contribution < 1.29 is 9.53 Å². The summed E-state index contributed by atoms with van der Waals surface area (Å²) in [5, 5.41) is 3.27. The molecule has 16 heavy (non-hydrogen) atoms. The summed E-state index contributed by atoms with van der Waals surface area (Å²) >= 11 is 0. The summed E-state index contributed by atoms with van der Waals surface area (Å²) in [6.07, 6.45) is 8.81. The van der Waals surface area contributed by atoms with Crippen LogP contribution in [0.4, 0.5) is 0 Å². The number of unbranched alkanes of at least 4 members (excludes halogenated alkanes) is 2. The van der Waals surface area contributed by atoms with Crippen LogP contribution in [-0.4, -0.2) is 24.7 Å². The third kappa shape index (κ3) is 8.31. The smallest absolute Gasteiger partial charge is 0.305 e. The minimum atomic E-state index is -0.235. The van der Waals surface area contributed by atoms with E-state index in [0.717, 1.165) is 25.8 Å². The highest BCUT2D eigenvalue weighted by atomic mass is 16.5. The van der Waals surface area contributed by atoms with E-state index < -0.39 is 0 Å². The number of hydrogen-bond acceptors (Lipinski definition) is 3. The number of carbonyl (C=O) groups excluding carboxylic acids is 1. The lowest BCUT2D eigenvalue weighted by Gasteiger charge is -2.19. The van der Waals surface area contributed by atoms with Gasteiger partial charge in [0.15, 0.2) is 0 Å². The molecule has 0 rings (SSSR count). The average Bonchev–Trinajstić information content (AvgIpc) is 2.23. The molecule has 0 saturated carbocycles. The molecule has 0 aromatic carbocycles. The van der Waals surface area contributed by atoms with Crippen molar-refractivity contribution in [1.82, 2.24) is 5.32 Å². The molecule has 0 aliphatic heterocycles. The minimum Gasteiger partial charge on any atom is -0.466 e. The standard InChI is InChI=1S/C13H23NO2/c1-5-13(3,4)14-11-9-7-8-10-12(15)16-6-2/h1,14H,6-11H2,2-4H3. The number of esters is 1. The predicted octanol–water partition coefficient (Wildman–Crippen LogP) is 2.11. The second kappa shape index (κ2) is 8.18. The average molecular weight is 225 g/mol. The fraction of sp³-hybridized carbons (Fsp3) is 0.769. The van der Waals surface area contributed by atoms with E-state index in [-0.39, 0.29) is 11.5 Å². The second-order valence-electron chi connectivity index (χ2n) is 4.31. The molecule has 1 N–H and O–H groups in total. The Hall–Kier alpha value is -1.01. The van der Waals surface area contributed by atoms with Gasteiger partial charge in [0.25, 0.3) is 0 Å². The zero-order valence-corrected chi connectivity index (χ0v) is 10.6. The van der Waals surface area contributed by atoms with E-state index in [1.165, 1.54) is 0 Å². The van der Waals surface area contributed by atoms with Crippen LogP contribution in [0.5, 0.6) is 0 Å². The van der Waals surface area contributed by atoms with Crippen LogP contribution in [0.3, 0.4) is 0 Å². The Labute approximate surface area is 98.9 Å². The van der Waals surface area contributed by atoms with Gasteiger partial charge >= 0.3 is 5.97 Å². The largest absolute Gasteiger partial charge is 0.466 e. The fourth-order valence-corrected chi connectivity index (χ4v) is 1.26. The molecule has 0 atom stereocenters. The van der Waals surface area contributed by atoms with Crippen molar-refractivity contribution in [3.8, 4) is 12.3 Å². The summed E-state index contributed by atoms with van der Waals surface area (Å²) in [4.78, 5) is 11.0. The summed E-state index contributed by atoms with van der Waals surface area (Å²) in [7, 11) is 0. The third-order valence-corrected chi connectivity index (χ3v) is 2.29. The molecule has 92 valence electrons. The maximum atomic E-state index is 11.0. The highest BCUT2D eigenvalue weighted by Gasteiger charge is 2.11. The van der Waals surface area contributed by atoms with Gasteiger partial charge in [-0.15, -0.1) is 6.42 Å². The van der Waals surface area contributed by atoms with Gasteiger partial charge in [0, 0.05) is 6.42 Å². The second-order valence-corrected chi connectivity index (χ2v) is 4.31. The lowest BCUT2D eigenvalue weighted by atomic mass is 10.1. The quantitative estimate of drug-likeness (QED) is 0.390. The lowest BCUT2D eigenvalue weighted by molar-refractivity contribution is -0.143. The number of hydrogen-bond donors (Lipinski definition) is 1. The Morgan fingerprint density at radius 3 is 2.62 bits per heavy atom. The molecule has 0 aliphatic carbocycles. The minimum absolute atomic E-state index is 0.0978. The molecule has 0 radical (unpaired) electrons. The van der Waals surface area contributed by atoms with Gasteiger partial charge in [-0.2, -0.15) is 0 Å². The lowest BCUT2D eigenvalue weighted by Crippen LogP contribution is -2.38. The van der Waals surface area contributed by atoms with Gasteiger partial charge < -0.3 is 10.1 Å². The Balaban J connectivity index is 3.35. The van der Waals surface area contributed by atoms with Crippen LogP contribution in [0.1, 0.15) is 46.5 Å². The van der Waals surface area contributed by atoms with Crippen LogP contribution in [0.25, 0.3) is 0 Å². The van der Waals surface area contributed by atoms with Crippen LogP contribution in [0.2, 0.25) is 0 Å². The SMILES string of the molecule is C#CC(C)(C)NCCCCCC(=O)OCC. The van der Waals surface area contributed by atoms with Crippen LogP contribution in [-0.2, 0) is 9.53 Å². The van der Waals surface area contributed by atoms with E-state index in [9.17, 15) is 4.79 Å².